The number of nitrogens with zero attached hydrogens (tertiary/aromatic N) is 1. The van der Waals surface area contributed by atoms with Crippen molar-refractivity contribution < 1.29 is 4.79 Å². The van der Waals surface area contributed by atoms with Crippen LogP contribution in [0.2, 0.25) is 0 Å². The van der Waals surface area contributed by atoms with Gasteiger partial charge in [-0.15, -0.1) is 0 Å². The first kappa shape index (κ1) is 14.8. The van der Waals surface area contributed by atoms with Crippen molar-refractivity contribution in [2.75, 3.05) is 32.7 Å². The van der Waals surface area contributed by atoms with Crippen molar-refractivity contribution in [1.82, 2.24) is 15.5 Å². The molecule has 0 aromatic carbocycles. The lowest BCUT2D eigenvalue weighted by Gasteiger charge is -2.40. The van der Waals surface area contributed by atoms with Gasteiger partial charge in [0.05, 0.1) is 0 Å². The second kappa shape index (κ2) is 6.71. The van der Waals surface area contributed by atoms with Gasteiger partial charge in [0.25, 0.3) is 0 Å². The molecule has 2 N–H and O–H groups in total. The minimum atomic E-state index is -0.0259. The number of nitrogens with one attached hydrogen (secondary N) is 2. The number of rotatable bonds is 5. The standard InChI is InChI=1S/C15H29N3O/c1-15(2,18-9-7-16-8-10-18)11-14(19)17-12-13-5-3-4-6-13/h13,16H,3-12H2,1-2H3,(H,17,19). The highest BCUT2D eigenvalue weighted by atomic mass is 16.1. The average molecular weight is 267 g/mol. The third-order valence-corrected chi connectivity index (χ3v) is 4.63. The molecule has 0 radical (unpaired) electrons. The normalized spacial score (nSPS) is 22.6. The van der Waals surface area contributed by atoms with Crippen LogP contribution >= 0.6 is 0 Å². The van der Waals surface area contributed by atoms with Crippen molar-refractivity contribution in [2.24, 2.45) is 5.92 Å². The van der Waals surface area contributed by atoms with E-state index in [4.69, 9.17) is 0 Å². The predicted molar refractivity (Wildman–Crippen MR) is 78.1 cm³/mol. The molecule has 0 spiro atoms. The zero-order valence-corrected chi connectivity index (χ0v) is 12.5. The number of carbonyl (C=O) groups excluding carboxylic acids is 1. The third-order valence-electron chi connectivity index (χ3n) is 4.63. The summed E-state index contributed by atoms with van der Waals surface area (Å²) in [6, 6.07) is 0. The first-order valence-electron chi connectivity index (χ1n) is 7.80. The van der Waals surface area contributed by atoms with Gasteiger partial charge in [0.15, 0.2) is 0 Å². The Hall–Kier alpha value is -0.610. The van der Waals surface area contributed by atoms with Crippen molar-refractivity contribution in [3.8, 4) is 0 Å². The number of hydrogen-bond donors (Lipinski definition) is 2. The van der Waals surface area contributed by atoms with Gasteiger partial charge < -0.3 is 10.6 Å². The van der Waals surface area contributed by atoms with Crippen LogP contribution in [0.3, 0.4) is 0 Å². The van der Waals surface area contributed by atoms with Gasteiger partial charge in [-0.1, -0.05) is 12.8 Å². The Bertz CT molecular complexity index is 292. The molecular formula is C15H29N3O. The SMILES string of the molecule is CC(C)(CC(=O)NCC1CCCC1)N1CCNCC1. The summed E-state index contributed by atoms with van der Waals surface area (Å²) in [6.45, 7) is 9.42. The van der Waals surface area contributed by atoms with E-state index in [-0.39, 0.29) is 11.4 Å². The lowest BCUT2D eigenvalue weighted by Crippen LogP contribution is -2.54. The first-order chi connectivity index (χ1) is 9.08. The van der Waals surface area contributed by atoms with Gasteiger partial charge in [-0.3, -0.25) is 9.69 Å². The molecule has 110 valence electrons. The van der Waals surface area contributed by atoms with Gasteiger partial charge in [-0.25, -0.2) is 0 Å². The van der Waals surface area contributed by atoms with Gasteiger partial charge >= 0.3 is 0 Å². The maximum absolute atomic E-state index is 12.1. The summed E-state index contributed by atoms with van der Waals surface area (Å²) in [5.41, 5.74) is -0.0259. The molecule has 0 aromatic rings. The lowest BCUT2D eigenvalue weighted by molar-refractivity contribution is -0.124. The molecule has 2 fully saturated rings. The molecule has 1 saturated heterocycles. The van der Waals surface area contributed by atoms with Crippen LogP contribution in [0, 0.1) is 5.92 Å². The molecule has 0 aromatic heterocycles. The van der Waals surface area contributed by atoms with Crippen molar-refractivity contribution in [1.29, 1.82) is 0 Å². The Morgan fingerprint density at radius 2 is 1.89 bits per heavy atom. The van der Waals surface area contributed by atoms with E-state index in [2.05, 4.69) is 29.4 Å². The molecule has 1 heterocycles. The van der Waals surface area contributed by atoms with Crippen LogP contribution < -0.4 is 10.6 Å². The van der Waals surface area contributed by atoms with E-state index in [1.54, 1.807) is 0 Å². The fourth-order valence-electron chi connectivity index (χ4n) is 3.31. The molecule has 2 aliphatic rings. The number of carbonyl (C=O) groups is 1. The average Bonchev–Trinajstić information content (AvgIpc) is 2.90. The first-order valence-corrected chi connectivity index (χ1v) is 7.80. The van der Waals surface area contributed by atoms with Crippen LogP contribution in [0.25, 0.3) is 0 Å². The monoisotopic (exact) mass is 267 g/mol. The summed E-state index contributed by atoms with van der Waals surface area (Å²) in [6.07, 6.45) is 5.88. The van der Waals surface area contributed by atoms with E-state index in [0.717, 1.165) is 38.6 Å². The number of amides is 1. The second-order valence-corrected chi connectivity index (χ2v) is 6.68. The van der Waals surface area contributed by atoms with Gasteiger partial charge in [-0.05, 0) is 32.6 Å². The van der Waals surface area contributed by atoms with E-state index < -0.39 is 0 Å². The van der Waals surface area contributed by atoms with Crippen molar-refractivity contribution >= 4 is 5.91 Å². The summed E-state index contributed by atoms with van der Waals surface area (Å²) >= 11 is 0. The smallest absolute Gasteiger partial charge is 0.221 e. The zero-order chi connectivity index (χ0) is 13.7. The molecule has 0 unspecified atom stereocenters. The molecular weight excluding hydrogens is 238 g/mol. The van der Waals surface area contributed by atoms with Crippen molar-refractivity contribution in [2.45, 2.75) is 51.5 Å². The van der Waals surface area contributed by atoms with Gasteiger partial charge in [0.2, 0.25) is 5.91 Å². The van der Waals surface area contributed by atoms with E-state index in [9.17, 15) is 4.79 Å². The Balaban J connectivity index is 1.72. The van der Waals surface area contributed by atoms with E-state index in [0.29, 0.717) is 6.42 Å². The van der Waals surface area contributed by atoms with Crippen LogP contribution in [-0.2, 0) is 4.79 Å². The summed E-state index contributed by atoms with van der Waals surface area (Å²) < 4.78 is 0. The minimum Gasteiger partial charge on any atom is -0.356 e. The fraction of sp³-hybridized carbons (Fsp3) is 0.933. The number of hydrogen-bond acceptors (Lipinski definition) is 3. The highest BCUT2D eigenvalue weighted by Gasteiger charge is 2.30. The Morgan fingerprint density at radius 1 is 1.26 bits per heavy atom. The maximum atomic E-state index is 12.1. The molecule has 2 rings (SSSR count). The zero-order valence-electron chi connectivity index (χ0n) is 12.5. The van der Waals surface area contributed by atoms with Crippen LogP contribution in [0.4, 0.5) is 0 Å². The van der Waals surface area contributed by atoms with Crippen LogP contribution in [0.1, 0.15) is 46.0 Å². The molecule has 0 atom stereocenters. The van der Waals surface area contributed by atoms with Crippen molar-refractivity contribution in [3.63, 3.8) is 0 Å². The minimum absolute atomic E-state index is 0.0259. The molecule has 4 nitrogen and oxygen atoms in total. The van der Waals surface area contributed by atoms with E-state index >= 15 is 0 Å². The fourth-order valence-corrected chi connectivity index (χ4v) is 3.31. The van der Waals surface area contributed by atoms with E-state index in [1.165, 1.54) is 25.7 Å². The Morgan fingerprint density at radius 3 is 2.53 bits per heavy atom. The Labute approximate surface area is 117 Å². The number of piperazine rings is 1. The summed E-state index contributed by atoms with van der Waals surface area (Å²) in [5, 5.41) is 6.50. The van der Waals surface area contributed by atoms with Gasteiger partial charge in [0.1, 0.15) is 0 Å². The summed E-state index contributed by atoms with van der Waals surface area (Å²) in [5.74, 6) is 0.946. The largest absolute Gasteiger partial charge is 0.356 e. The highest BCUT2D eigenvalue weighted by molar-refractivity contribution is 5.77. The molecule has 1 saturated carbocycles. The summed E-state index contributed by atoms with van der Waals surface area (Å²) in [4.78, 5) is 14.5. The molecule has 19 heavy (non-hydrogen) atoms. The predicted octanol–water partition coefficient (Wildman–Crippen LogP) is 1.37. The van der Waals surface area contributed by atoms with Gasteiger partial charge in [-0.2, -0.15) is 0 Å². The quantitative estimate of drug-likeness (QED) is 0.791. The highest BCUT2D eigenvalue weighted by Crippen LogP contribution is 2.24. The Kier molecular flexibility index (Phi) is 5.22. The van der Waals surface area contributed by atoms with Crippen LogP contribution in [0.5, 0.6) is 0 Å². The topological polar surface area (TPSA) is 44.4 Å². The maximum Gasteiger partial charge on any atom is 0.221 e. The molecule has 4 heteroatoms. The molecule has 1 aliphatic carbocycles. The third kappa shape index (κ3) is 4.46. The molecule has 1 amide bonds. The van der Waals surface area contributed by atoms with Crippen molar-refractivity contribution in [3.05, 3.63) is 0 Å². The summed E-state index contributed by atoms with van der Waals surface area (Å²) in [7, 11) is 0. The molecule has 0 bridgehead atoms. The molecule has 1 aliphatic heterocycles. The van der Waals surface area contributed by atoms with Crippen LogP contribution in [-0.4, -0.2) is 49.1 Å². The van der Waals surface area contributed by atoms with Gasteiger partial charge in [0, 0.05) is 44.7 Å². The van der Waals surface area contributed by atoms with Crippen LogP contribution in [0.15, 0.2) is 0 Å². The lowest BCUT2D eigenvalue weighted by atomic mass is 9.96. The van der Waals surface area contributed by atoms with E-state index in [1.807, 2.05) is 0 Å². The second-order valence-electron chi connectivity index (χ2n) is 6.68.